The van der Waals surface area contributed by atoms with Gasteiger partial charge < -0.3 is 10.1 Å². The van der Waals surface area contributed by atoms with Crippen molar-refractivity contribution in [1.82, 2.24) is 29.5 Å². The van der Waals surface area contributed by atoms with Crippen molar-refractivity contribution in [2.75, 3.05) is 13.7 Å². The molecule has 0 radical (unpaired) electrons. The van der Waals surface area contributed by atoms with Gasteiger partial charge in [-0.25, -0.2) is 9.67 Å². The van der Waals surface area contributed by atoms with Crippen LogP contribution >= 0.6 is 0 Å². The second-order valence-electron chi connectivity index (χ2n) is 7.17. The molecule has 8 nitrogen and oxygen atoms in total. The molecule has 1 N–H and O–H groups in total. The third-order valence-corrected chi connectivity index (χ3v) is 5.14. The van der Waals surface area contributed by atoms with Crippen LogP contribution in [0.4, 0.5) is 0 Å². The summed E-state index contributed by atoms with van der Waals surface area (Å²) < 4.78 is 8.97. The number of nitrogens with zero attached hydrogens (tertiary/aromatic N) is 5. The lowest BCUT2D eigenvalue weighted by molar-refractivity contribution is 0.0945. The third kappa shape index (κ3) is 3.63. The van der Waals surface area contributed by atoms with E-state index in [1.165, 1.54) is 0 Å². The molecule has 0 spiro atoms. The number of methoxy groups -OCH3 is 1. The number of ether oxygens (including phenoxy) is 1. The summed E-state index contributed by atoms with van der Waals surface area (Å²) in [6.45, 7) is 4.81. The molecule has 3 aromatic heterocycles. The van der Waals surface area contributed by atoms with E-state index in [4.69, 9.17) is 4.74 Å². The van der Waals surface area contributed by atoms with Crippen molar-refractivity contribution in [3.05, 3.63) is 60.8 Å². The zero-order valence-electron chi connectivity index (χ0n) is 17.2. The highest BCUT2D eigenvalue weighted by molar-refractivity contribution is 5.99. The van der Waals surface area contributed by atoms with Gasteiger partial charge in [-0.05, 0) is 24.1 Å². The Kier molecular flexibility index (Phi) is 5.47. The summed E-state index contributed by atoms with van der Waals surface area (Å²) >= 11 is 0. The summed E-state index contributed by atoms with van der Waals surface area (Å²) in [5.41, 5.74) is 2.58. The number of benzene rings is 1. The van der Waals surface area contributed by atoms with Gasteiger partial charge in [0.25, 0.3) is 5.91 Å². The normalized spacial score (nSPS) is 12.1. The lowest BCUT2D eigenvalue weighted by Gasteiger charge is -2.09. The average molecular weight is 404 g/mol. The molecule has 0 fully saturated rings. The number of fused-ring (bicyclic) bond motifs is 1. The maximum absolute atomic E-state index is 12.8. The highest BCUT2D eigenvalue weighted by Crippen LogP contribution is 2.26. The predicted molar refractivity (Wildman–Crippen MR) is 114 cm³/mol. The van der Waals surface area contributed by atoms with Gasteiger partial charge in [-0.3, -0.25) is 14.2 Å². The minimum Gasteiger partial charge on any atom is -0.497 e. The second-order valence-corrected chi connectivity index (χ2v) is 7.17. The second kappa shape index (κ2) is 8.36. The first-order chi connectivity index (χ1) is 14.6. The molecule has 0 aliphatic heterocycles. The molecule has 0 saturated heterocycles. The Bertz CT molecular complexity index is 1180. The van der Waals surface area contributed by atoms with Crippen molar-refractivity contribution in [3.8, 4) is 23.0 Å². The van der Waals surface area contributed by atoms with E-state index < -0.39 is 0 Å². The number of rotatable bonds is 7. The van der Waals surface area contributed by atoms with E-state index in [1.807, 2.05) is 34.7 Å². The van der Waals surface area contributed by atoms with Crippen LogP contribution in [0.2, 0.25) is 0 Å². The average Bonchev–Trinajstić information content (AvgIpc) is 3.42. The first kappa shape index (κ1) is 19.6. The molecule has 3 heterocycles. The number of amides is 1. The van der Waals surface area contributed by atoms with Gasteiger partial charge in [-0.15, -0.1) is 0 Å². The van der Waals surface area contributed by atoms with Crippen LogP contribution in [0, 0.1) is 5.92 Å². The molecular formula is C22H24N6O2. The first-order valence-electron chi connectivity index (χ1n) is 9.91. The molecule has 0 aliphatic rings. The highest BCUT2D eigenvalue weighted by Gasteiger charge is 2.21. The van der Waals surface area contributed by atoms with Crippen molar-refractivity contribution in [3.63, 3.8) is 0 Å². The summed E-state index contributed by atoms with van der Waals surface area (Å²) in [6, 6.07) is 9.49. The summed E-state index contributed by atoms with van der Waals surface area (Å²) in [7, 11) is 1.63. The summed E-state index contributed by atoms with van der Waals surface area (Å²) in [4.78, 5) is 21.7. The van der Waals surface area contributed by atoms with Crippen LogP contribution in [0.5, 0.6) is 5.75 Å². The molecule has 1 amide bonds. The van der Waals surface area contributed by atoms with Gasteiger partial charge in [0, 0.05) is 25.0 Å². The van der Waals surface area contributed by atoms with Gasteiger partial charge in [0.1, 0.15) is 11.4 Å². The van der Waals surface area contributed by atoms with Gasteiger partial charge in [0.15, 0.2) is 11.5 Å². The topological polar surface area (TPSA) is 86.3 Å². The van der Waals surface area contributed by atoms with Crippen molar-refractivity contribution in [2.45, 2.75) is 20.3 Å². The van der Waals surface area contributed by atoms with Crippen LogP contribution in [0.15, 0.2) is 55.1 Å². The fourth-order valence-electron chi connectivity index (χ4n) is 3.20. The molecule has 0 bridgehead atoms. The van der Waals surface area contributed by atoms with Gasteiger partial charge in [-0.1, -0.05) is 26.3 Å². The van der Waals surface area contributed by atoms with Crippen LogP contribution in [0.25, 0.3) is 22.7 Å². The molecule has 30 heavy (non-hydrogen) atoms. The van der Waals surface area contributed by atoms with E-state index in [2.05, 4.69) is 34.2 Å². The SMILES string of the molecule is CC[C@H](C)CNC(=O)c1nc(-c2ccnn2-c2cccc(OC)c2)n2ccncc12. The van der Waals surface area contributed by atoms with E-state index in [1.54, 1.807) is 36.6 Å². The lowest BCUT2D eigenvalue weighted by Crippen LogP contribution is -2.28. The largest absolute Gasteiger partial charge is 0.497 e. The van der Waals surface area contributed by atoms with Gasteiger partial charge in [0.2, 0.25) is 0 Å². The molecule has 8 heteroatoms. The minimum absolute atomic E-state index is 0.209. The smallest absolute Gasteiger partial charge is 0.272 e. The molecule has 1 aromatic carbocycles. The molecule has 154 valence electrons. The Morgan fingerprint density at radius 1 is 1.27 bits per heavy atom. The Hall–Kier alpha value is -3.68. The van der Waals surface area contributed by atoms with E-state index >= 15 is 0 Å². The number of hydrogen-bond acceptors (Lipinski definition) is 5. The van der Waals surface area contributed by atoms with Crippen molar-refractivity contribution in [1.29, 1.82) is 0 Å². The summed E-state index contributed by atoms with van der Waals surface area (Å²) in [5.74, 6) is 1.53. The maximum Gasteiger partial charge on any atom is 0.272 e. The van der Waals surface area contributed by atoms with Crippen molar-refractivity contribution in [2.24, 2.45) is 5.92 Å². The number of hydrogen-bond donors (Lipinski definition) is 1. The summed E-state index contributed by atoms with van der Waals surface area (Å²) in [5, 5.41) is 7.44. The molecule has 4 aromatic rings. The molecule has 4 rings (SSSR count). The van der Waals surface area contributed by atoms with Crippen LogP contribution in [0.1, 0.15) is 30.8 Å². The number of aromatic nitrogens is 5. The molecule has 0 saturated carbocycles. The first-order valence-corrected chi connectivity index (χ1v) is 9.91. The Morgan fingerprint density at radius 3 is 2.93 bits per heavy atom. The monoisotopic (exact) mass is 404 g/mol. The van der Waals surface area contributed by atoms with Crippen LogP contribution in [-0.4, -0.2) is 43.7 Å². The van der Waals surface area contributed by atoms with E-state index in [9.17, 15) is 4.79 Å². The standard InChI is InChI=1S/C22H24N6O2/c1-4-15(2)13-24-22(29)20-19-14-23-10-11-27(19)21(26-20)18-8-9-25-28(18)16-6-5-7-17(12-16)30-3/h5-12,14-15H,4,13H2,1-3H3,(H,24,29)/t15-/m0/s1. The minimum atomic E-state index is -0.209. The van der Waals surface area contributed by atoms with E-state index in [0.717, 1.165) is 23.6 Å². The lowest BCUT2D eigenvalue weighted by atomic mass is 10.1. The van der Waals surface area contributed by atoms with Gasteiger partial charge >= 0.3 is 0 Å². The van der Waals surface area contributed by atoms with E-state index in [-0.39, 0.29) is 5.91 Å². The quantitative estimate of drug-likeness (QED) is 0.510. The zero-order chi connectivity index (χ0) is 21.1. The van der Waals surface area contributed by atoms with Crippen molar-refractivity contribution < 1.29 is 9.53 Å². The Labute approximate surface area is 174 Å². The highest BCUT2D eigenvalue weighted by atomic mass is 16.5. The number of carbonyl (C=O) groups is 1. The number of nitrogens with one attached hydrogen (secondary N) is 1. The van der Waals surface area contributed by atoms with Crippen LogP contribution < -0.4 is 10.1 Å². The van der Waals surface area contributed by atoms with Gasteiger partial charge in [0.05, 0.1) is 30.7 Å². The van der Waals surface area contributed by atoms with Crippen LogP contribution in [0.3, 0.4) is 0 Å². The third-order valence-electron chi connectivity index (χ3n) is 5.14. The summed E-state index contributed by atoms with van der Waals surface area (Å²) in [6.07, 6.45) is 7.83. The number of imidazole rings is 1. The maximum atomic E-state index is 12.8. The Balaban J connectivity index is 1.78. The van der Waals surface area contributed by atoms with Crippen LogP contribution in [-0.2, 0) is 0 Å². The molecule has 0 unspecified atom stereocenters. The molecular weight excluding hydrogens is 380 g/mol. The molecule has 1 atom stereocenters. The number of carbonyl (C=O) groups excluding carboxylic acids is 1. The Morgan fingerprint density at radius 2 is 2.13 bits per heavy atom. The molecule has 0 aliphatic carbocycles. The predicted octanol–water partition coefficient (Wildman–Crippen LogP) is 3.37. The zero-order valence-corrected chi connectivity index (χ0v) is 17.2. The fourth-order valence-corrected chi connectivity index (χ4v) is 3.20. The van der Waals surface area contributed by atoms with Gasteiger partial charge in [-0.2, -0.15) is 5.10 Å². The van der Waals surface area contributed by atoms with E-state index in [0.29, 0.717) is 29.5 Å². The fraction of sp³-hybridized carbons (Fsp3) is 0.273. The van der Waals surface area contributed by atoms with Crippen molar-refractivity contribution >= 4 is 11.4 Å².